The van der Waals surface area contributed by atoms with Crippen LogP contribution in [0, 0.1) is 5.92 Å². The van der Waals surface area contributed by atoms with Gasteiger partial charge in [0.1, 0.15) is 5.82 Å². The highest BCUT2D eigenvalue weighted by atomic mass is 19.4. The Hall–Kier alpha value is -1.30. The predicted molar refractivity (Wildman–Crippen MR) is 61.2 cm³/mol. The van der Waals surface area contributed by atoms with Crippen molar-refractivity contribution >= 4 is 5.82 Å². The molecule has 0 spiro atoms. The second kappa shape index (κ2) is 4.76. The van der Waals surface area contributed by atoms with E-state index in [2.05, 4.69) is 4.98 Å². The van der Waals surface area contributed by atoms with Crippen LogP contribution in [-0.4, -0.2) is 29.3 Å². The number of aromatic nitrogens is 1. The maximum atomic E-state index is 12.4. The van der Waals surface area contributed by atoms with Gasteiger partial charge in [-0.05, 0) is 24.5 Å². The standard InChI is InChI=1S/C12H15F3N2O/c1-8-7-17(5-4-10(8)18)11-3-2-9(6-16-11)12(13,14)15/h2-3,6,8,10,18H,4-5,7H2,1H3/t8-,10+/m0/s1. The Balaban J connectivity index is 2.11. The van der Waals surface area contributed by atoms with Crippen molar-refractivity contribution in [2.24, 2.45) is 5.92 Å². The molecule has 1 aliphatic rings. The van der Waals surface area contributed by atoms with Crippen molar-refractivity contribution in [3.63, 3.8) is 0 Å². The third-order valence-electron chi connectivity index (χ3n) is 3.26. The second-order valence-corrected chi connectivity index (χ2v) is 4.68. The van der Waals surface area contributed by atoms with E-state index in [4.69, 9.17) is 0 Å². The van der Waals surface area contributed by atoms with Crippen LogP contribution in [-0.2, 0) is 6.18 Å². The third kappa shape index (κ3) is 2.75. The summed E-state index contributed by atoms with van der Waals surface area (Å²) in [4.78, 5) is 5.75. The Morgan fingerprint density at radius 1 is 1.39 bits per heavy atom. The summed E-state index contributed by atoms with van der Waals surface area (Å²) in [6.07, 6.45) is -3.22. The van der Waals surface area contributed by atoms with Crippen LogP contribution in [0.15, 0.2) is 18.3 Å². The van der Waals surface area contributed by atoms with Crippen LogP contribution in [0.5, 0.6) is 0 Å². The largest absolute Gasteiger partial charge is 0.417 e. The van der Waals surface area contributed by atoms with Crippen LogP contribution in [0.2, 0.25) is 0 Å². The minimum atomic E-state index is -4.35. The van der Waals surface area contributed by atoms with Crippen molar-refractivity contribution in [1.29, 1.82) is 0 Å². The summed E-state index contributed by atoms with van der Waals surface area (Å²) in [5.41, 5.74) is -0.739. The molecular formula is C12H15F3N2O. The lowest BCUT2D eigenvalue weighted by atomic mass is 9.97. The first-order valence-electron chi connectivity index (χ1n) is 5.84. The maximum Gasteiger partial charge on any atom is 0.417 e. The molecule has 1 fully saturated rings. The van der Waals surface area contributed by atoms with Crippen LogP contribution in [0.25, 0.3) is 0 Å². The average Bonchev–Trinajstić information content (AvgIpc) is 2.32. The first kappa shape index (κ1) is 13.1. The molecule has 0 unspecified atom stereocenters. The molecule has 18 heavy (non-hydrogen) atoms. The highest BCUT2D eigenvalue weighted by molar-refractivity contribution is 5.40. The molecule has 2 heterocycles. The van der Waals surface area contributed by atoms with Crippen LogP contribution in [0.3, 0.4) is 0 Å². The van der Waals surface area contributed by atoms with E-state index in [1.54, 1.807) is 0 Å². The van der Waals surface area contributed by atoms with Crippen molar-refractivity contribution in [3.8, 4) is 0 Å². The third-order valence-corrected chi connectivity index (χ3v) is 3.26. The normalized spacial score (nSPS) is 25.3. The van der Waals surface area contributed by atoms with Gasteiger partial charge in [0.05, 0.1) is 11.7 Å². The second-order valence-electron chi connectivity index (χ2n) is 4.68. The molecule has 0 radical (unpaired) electrons. The number of rotatable bonds is 1. The number of aliphatic hydroxyl groups is 1. The fourth-order valence-electron chi connectivity index (χ4n) is 2.08. The Labute approximate surface area is 103 Å². The van der Waals surface area contributed by atoms with Crippen molar-refractivity contribution in [2.45, 2.75) is 25.6 Å². The molecule has 2 rings (SSSR count). The highest BCUT2D eigenvalue weighted by Gasteiger charge is 2.31. The summed E-state index contributed by atoms with van der Waals surface area (Å²) in [5.74, 6) is 0.629. The smallest absolute Gasteiger partial charge is 0.393 e. The van der Waals surface area contributed by atoms with E-state index in [0.717, 1.165) is 12.3 Å². The van der Waals surface area contributed by atoms with Gasteiger partial charge < -0.3 is 10.0 Å². The quantitative estimate of drug-likeness (QED) is 0.841. The number of piperidine rings is 1. The van der Waals surface area contributed by atoms with Gasteiger partial charge in [0.15, 0.2) is 0 Å². The first-order valence-corrected chi connectivity index (χ1v) is 5.84. The molecule has 6 heteroatoms. The number of alkyl halides is 3. The number of anilines is 1. The topological polar surface area (TPSA) is 36.4 Å². The molecule has 1 aliphatic heterocycles. The molecule has 1 N–H and O–H groups in total. The van der Waals surface area contributed by atoms with E-state index in [1.165, 1.54) is 6.07 Å². The van der Waals surface area contributed by atoms with Crippen molar-refractivity contribution in [3.05, 3.63) is 23.9 Å². The molecule has 1 aromatic rings. The number of pyridine rings is 1. The van der Waals surface area contributed by atoms with Gasteiger partial charge in [-0.2, -0.15) is 13.2 Å². The molecule has 100 valence electrons. The molecule has 0 amide bonds. The zero-order valence-electron chi connectivity index (χ0n) is 9.98. The van der Waals surface area contributed by atoms with Gasteiger partial charge in [-0.15, -0.1) is 0 Å². The summed E-state index contributed by atoms with van der Waals surface area (Å²) < 4.78 is 37.2. The molecule has 3 nitrogen and oxygen atoms in total. The molecule has 0 saturated carbocycles. The Kier molecular flexibility index (Phi) is 3.47. The molecule has 0 aliphatic carbocycles. The average molecular weight is 260 g/mol. The number of aliphatic hydroxyl groups excluding tert-OH is 1. The lowest BCUT2D eigenvalue weighted by molar-refractivity contribution is -0.137. The van der Waals surface area contributed by atoms with Gasteiger partial charge in [0.25, 0.3) is 0 Å². The van der Waals surface area contributed by atoms with Gasteiger partial charge in [-0.1, -0.05) is 6.92 Å². The Morgan fingerprint density at radius 3 is 2.61 bits per heavy atom. The number of hydrogen-bond donors (Lipinski definition) is 1. The molecule has 0 bridgehead atoms. The summed E-state index contributed by atoms with van der Waals surface area (Å²) >= 11 is 0. The van der Waals surface area contributed by atoms with E-state index in [1.807, 2.05) is 11.8 Å². The van der Waals surface area contributed by atoms with Crippen molar-refractivity contribution in [1.82, 2.24) is 4.98 Å². The summed E-state index contributed by atoms with van der Waals surface area (Å²) in [6.45, 7) is 3.14. The van der Waals surface area contributed by atoms with Crippen molar-refractivity contribution < 1.29 is 18.3 Å². The lowest BCUT2D eigenvalue weighted by Crippen LogP contribution is -2.42. The maximum absolute atomic E-state index is 12.4. The zero-order valence-corrected chi connectivity index (χ0v) is 9.98. The molecular weight excluding hydrogens is 245 g/mol. The minimum absolute atomic E-state index is 0.0999. The van der Waals surface area contributed by atoms with Crippen LogP contribution in [0.1, 0.15) is 18.9 Å². The Morgan fingerprint density at radius 2 is 2.11 bits per heavy atom. The van der Waals surface area contributed by atoms with E-state index < -0.39 is 11.7 Å². The molecule has 2 atom stereocenters. The van der Waals surface area contributed by atoms with Crippen molar-refractivity contribution in [2.75, 3.05) is 18.0 Å². The predicted octanol–water partition coefficient (Wildman–Crippen LogP) is 2.31. The highest BCUT2D eigenvalue weighted by Crippen LogP contribution is 2.30. The zero-order chi connectivity index (χ0) is 13.3. The monoisotopic (exact) mass is 260 g/mol. The first-order chi connectivity index (χ1) is 8.38. The number of nitrogens with zero attached hydrogens (tertiary/aromatic N) is 2. The minimum Gasteiger partial charge on any atom is -0.393 e. The summed E-state index contributed by atoms with van der Waals surface area (Å²) in [7, 11) is 0. The molecule has 1 saturated heterocycles. The fraction of sp³-hybridized carbons (Fsp3) is 0.583. The van der Waals surface area contributed by atoms with E-state index >= 15 is 0 Å². The van der Waals surface area contributed by atoms with Gasteiger partial charge in [-0.3, -0.25) is 0 Å². The van der Waals surface area contributed by atoms with Gasteiger partial charge in [0.2, 0.25) is 0 Å². The van der Waals surface area contributed by atoms with E-state index in [-0.39, 0.29) is 12.0 Å². The molecule has 0 aromatic carbocycles. The Bertz CT molecular complexity index is 405. The van der Waals surface area contributed by atoms with Gasteiger partial charge in [0, 0.05) is 19.3 Å². The van der Waals surface area contributed by atoms with Crippen LogP contribution in [0.4, 0.5) is 19.0 Å². The van der Waals surface area contributed by atoms with Crippen LogP contribution >= 0.6 is 0 Å². The van der Waals surface area contributed by atoms with Gasteiger partial charge in [-0.25, -0.2) is 4.98 Å². The summed E-state index contributed by atoms with van der Waals surface area (Å²) in [6, 6.07) is 2.42. The summed E-state index contributed by atoms with van der Waals surface area (Å²) in [5, 5.41) is 9.60. The SMILES string of the molecule is C[C@H]1CN(c2ccc(C(F)(F)F)cn2)CC[C@H]1O. The van der Waals surface area contributed by atoms with Gasteiger partial charge >= 0.3 is 6.18 Å². The molecule has 1 aromatic heterocycles. The van der Waals surface area contributed by atoms with Crippen LogP contribution < -0.4 is 4.90 Å². The van der Waals surface area contributed by atoms with E-state index in [9.17, 15) is 18.3 Å². The van der Waals surface area contributed by atoms with E-state index in [0.29, 0.717) is 25.3 Å². The number of hydrogen-bond acceptors (Lipinski definition) is 3. The number of halogens is 3. The fourth-order valence-corrected chi connectivity index (χ4v) is 2.08. The lowest BCUT2D eigenvalue weighted by Gasteiger charge is -2.35.